The van der Waals surface area contributed by atoms with Crippen molar-refractivity contribution in [1.82, 2.24) is 4.98 Å². The van der Waals surface area contributed by atoms with Gasteiger partial charge >= 0.3 is 6.18 Å². The van der Waals surface area contributed by atoms with E-state index in [1.807, 2.05) is 0 Å². The van der Waals surface area contributed by atoms with Crippen LogP contribution in [0.2, 0.25) is 5.15 Å². The van der Waals surface area contributed by atoms with Gasteiger partial charge < -0.3 is 5.11 Å². The van der Waals surface area contributed by atoms with Gasteiger partial charge in [0.1, 0.15) is 5.15 Å². The Bertz CT molecular complexity index is 316. The van der Waals surface area contributed by atoms with Crippen LogP contribution in [0.25, 0.3) is 0 Å². The molecule has 0 amide bonds. The van der Waals surface area contributed by atoms with Crippen LogP contribution in [-0.2, 0) is 0 Å². The Hall–Kier alpha value is -0.810. The predicted octanol–water partition coefficient (Wildman–Crippen LogP) is 2.72. The van der Waals surface area contributed by atoms with Gasteiger partial charge in [0.05, 0.1) is 12.5 Å². The fraction of sp³-hybridized carbons (Fsp3) is 0.375. The zero-order valence-corrected chi connectivity index (χ0v) is 7.68. The van der Waals surface area contributed by atoms with Crippen molar-refractivity contribution in [1.29, 1.82) is 0 Å². The second-order valence-electron chi connectivity index (χ2n) is 2.75. The van der Waals surface area contributed by atoms with Gasteiger partial charge in [-0.05, 0) is 17.7 Å². The molecule has 0 spiro atoms. The second-order valence-corrected chi connectivity index (χ2v) is 3.13. The van der Waals surface area contributed by atoms with Crippen molar-refractivity contribution in [2.75, 3.05) is 0 Å². The fourth-order valence-corrected chi connectivity index (χ4v) is 1.14. The quantitative estimate of drug-likeness (QED) is 0.785. The van der Waals surface area contributed by atoms with Crippen molar-refractivity contribution in [3.8, 4) is 0 Å². The van der Waals surface area contributed by atoms with E-state index < -0.39 is 18.7 Å². The normalized spacial score (nSPS) is 14.1. The molecule has 2 nitrogen and oxygen atoms in total. The number of aliphatic hydroxyl groups excluding tert-OH is 1. The Morgan fingerprint density at radius 3 is 2.64 bits per heavy atom. The van der Waals surface area contributed by atoms with Crippen molar-refractivity contribution in [2.24, 2.45) is 0 Å². The average molecular weight is 226 g/mol. The number of rotatable bonds is 2. The zero-order chi connectivity index (χ0) is 10.8. The molecular formula is C8H7ClF3NO. The first-order valence-corrected chi connectivity index (χ1v) is 4.12. The molecule has 1 atom stereocenters. The summed E-state index contributed by atoms with van der Waals surface area (Å²) < 4.78 is 35.7. The maximum atomic E-state index is 11.9. The zero-order valence-electron chi connectivity index (χ0n) is 6.92. The minimum absolute atomic E-state index is 0.0590. The summed E-state index contributed by atoms with van der Waals surface area (Å²) in [5.41, 5.74) is 0.113. The minimum Gasteiger partial charge on any atom is -0.388 e. The van der Waals surface area contributed by atoms with Crippen LogP contribution in [-0.4, -0.2) is 16.3 Å². The predicted molar refractivity (Wildman–Crippen MR) is 44.9 cm³/mol. The van der Waals surface area contributed by atoms with Crippen LogP contribution >= 0.6 is 11.6 Å². The molecule has 78 valence electrons. The van der Waals surface area contributed by atoms with E-state index in [0.29, 0.717) is 0 Å². The molecule has 0 saturated heterocycles. The van der Waals surface area contributed by atoms with Crippen LogP contribution in [0.5, 0.6) is 0 Å². The third-order valence-corrected chi connectivity index (χ3v) is 1.77. The van der Waals surface area contributed by atoms with Gasteiger partial charge in [-0.3, -0.25) is 0 Å². The lowest BCUT2D eigenvalue weighted by Crippen LogP contribution is -2.13. The van der Waals surface area contributed by atoms with E-state index in [-0.39, 0.29) is 10.7 Å². The first-order valence-electron chi connectivity index (χ1n) is 3.75. The van der Waals surface area contributed by atoms with E-state index >= 15 is 0 Å². The molecule has 0 aliphatic carbocycles. The summed E-state index contributed by atoms with van der Waals surface area (Å²) in [6.07, 6.45) is -6.02. The Kier molecular flexibility index (Phi) is 3.34. The third kappa shape index (κ3) is 3.51. The van der Waals surface area contributed by atoms with Crippen molar-refractivity contribution >= 4 is 11.6 Å². The highest BCUT2D eigenvalue weighted by atomic mass is 35.5. The van der Waals surface area contributed by atoms with Crippen LogP contribution in [0.4, 0.5) is 13.2 Å². The third-order valence-electron chi connectivity index (χ3n) is 1.56. The molecule has 1 aromatic heterocycles. The molecule has 1 unspecified atom stereocenters. The van der Waals surface area contributed by atoms with Gasteiger partial charge in [-0.15, -0.1) is 0 Å². The monoisotopic (exact) mass is 225 g/mol. The molecule has 6 heteroatoms. The van der Waals surface area contributed by atoms with Crippen molar-refractivity contribution < 1.29 is 18.3 Å². The molecule has 0 aliphatic heterocycles. The Morgan fingerprint density at radius 1 is 1.50 bits per heavy atom. The number of nitrogens with zero attached hydrogens (tertiary/aromatic N) is 1. The molecule has 0 saturated carbocycles. The molecule has 14 heavy (non-hydrogen) atoms. The van der Waals surface area contributed by atoms with Crippen molar-refractivity contribution in [3.63, 3.8) is 0 Å². The summed E-state index contributed by atoms with van der Waals surface area (Å²) in [7, 11) is 0. The lowest BCUT2D eigenvalue weighted by atomic mass is 10.1. The number of pyridine rings is 1. The van der Waals surface area contributed by atoms with Gasteiger partial charge in [0.25, 0.3) is 0 Å². The second kappa shape index (κ2) is 4.14. The maximum Gasteiger partial charge on any atom is 0.391 e. The summed E-state index contributed by atoms with van der Waals surface area (Å²) in [4.78, 5) is 3.59. The molecule has 0 aliphatic rings. The highest BCUT2D eigenvalue weighted by molar-refractivity contribution is 6.29. The number of halogens is 4. The molecule has 0 fully saturated rings. The number of hydrogen-bond acceptors (Lipinski definition) is 2. The van der Waals surface area contributed by atoms with E-state index in [4.69, 9.17) is 11.6 Å². The number of hydrogen-bond donors (Lipinski definition) is 1. The average Bonchev–Trinajstić information content (AvgIpc) is 2.01. The molecule has 1 N–H and O–H groups in total. The van der Waals surface area contributed by atoms with Gasteiger partial charge in [-0.1, -0.05) is 11.6 Å². The lowest BCUT2D eigenvalue weighted by Gasteiger charge is -2.13. The molecule has 0 aromatic carbocycles. The lowest BCUT2D eigenvalue weighted by molar-refractivity contribution is -0.154. The number of aliphatic hydroxyl groups is 1. The molecule has 0 radical (unpaired) electrons. The highest BCUT2D eigenvalue weighted by Crippen LogP contribution is 2.29. The summed E-state index contributed by atoms with van der Waals surface area (Å²) in [5.74, 6) is 0. The Balaban J connectivity index is 2.74. The number of aromatic nitrogens is 1. The van der Waals surface area contributed by atoms with Crippen molar-refractivity contribution in [2.45, 2.75) is 18.7 Å². The smallest absolute Gasteiger partial charge is 0.388 e. The van der Waals surface area contributed by atoms with E-state index in [9.17, 15) is 18.3 Å². The van der Waals surface area contributed by atoms with Crippen LogP contribution < -0.4 is 0 Å². The first-order chi connectivity index (χ1) is 6.38. The van der Waals surface area contributed by atoms with E-state index in [1.165, 1.54) is 18.3 Å². The SMILES string of the molecule is OC(CC(F)(F)F)c1ccnc(Cl)c1. The molecular weight excluding hydrogens is 219 g/mol. The summed E-state index contributed by atoms with van der Waals surface area (Å²) >= 11 is 5.46. The molecule has 0 bridgehead atoms. The van der Waals surface area contributed by atoms with Gasteiger partial charge in [0.15, 0.2) is 0 Å². The highest BCUT2D eigenvalue weighted by Gasteiger charge is 2.31. The van der Waals surface area contributed by atoms with Crippen LogP contribution in [0.15, 0.2) is 18.3 Å². The van der Waals surface area contributed by atoms with Gasteiger partial charge in [-0.25, -0.2) is 4.98 Å². The molecule has 1 aromatic rings. The first kappa shape index (κ1) is 11.3. The Morgan fingerprint density at radius 2 is 2.14 bits per heavy atom. The van der Waals surface area contributed by atoms with Crippen molar-refractivity contribution in [3.05, 3.63) is 29.0 Å². The summed E-state index contributed by atoms with van der Waals surface area (Å²) in [6.45, 7) is 0. The molecule has 1 heterocycles. The number of alkyl halides is 3. The topological polar surface area (TPSA) is 33.1 Å². The minimum atomic E-state index is -4.39. The Labute approximate surface area is 83.3 Å². The summed E-state index contributed by atoms with van der Waals surface area (Å²) in [5, 5.41) is 9.23. The van der Waals surface area contributed by atoms with E-state index in [0.717, 1.165) is 0 Å². The van der Waals surface area contributed by atoms with Gasteiger partial charge in [0, 0.05) is 6.20 Å². The van der Waals surface area contributed by atoms with Crippen LogP contribution in [0.3, 0.4) is 0 Å². The van der Waals surface area contributed by atoms with E-state index in [1.54, 1.807) is 0 Å². The maximum absolute atomic E-state index is 11.9. The van der Waals surface area contributed by atoms with Gasteiger partial charge in [0.2, 0.25) is 0 Å². The standard InChI is InChI=1S/C8H7ClF3NO/c9-7-3-5(1-2-13-7)6(14)4-8(10,11)12/h1-3,6,14H,4H2. The fourth-order valence-electron chi connectivity index (χ4n) is 0.962. The van der Waals surface area contributed by atoms with Gasteiger partial charge in [-0.2, -0.15) is 13.2 Å². The largest absolute Gasteiger partial charge is 0.391 e. The molecule has 1 rings (SSSR count). The van der Waals surface area contributed by atoms with Crippen LogP contribution in [0, 0.1) is 0 Å². The summed E-state index contributed by atoms with van der Waals surface area (Å²) in [6, 6.07) is 2.50. The van der Waals surface area contributed by atoms with Crippen LogP contribution in [0.1, 0.15) is 18.1 Å². The van der Waals surface area contributed by atoms with E-state index in [2.05, 4.69) is 4.98 Å².